The number of benzene rings is 1. The average Bonchev–Trinajstić information content (AvgIpc) is 2.77. The molecule has 1 heterocycles. The van der Waals surface area contributed by atoms with Gasteiger partial charge in [-0.05, 0) is 17.5 Å². The first-order valence-electron chi connectivity index (χ1n) is 6.82. The van der Waals surface area contributed by atoms with Crippen LogP contribution in [0.1, 0.15) is 24.5 Å². The first kappa shape index (κ1) is 14.5. The normalized spacial score (nSPS) is 18.9. The van der Waals surface area contributed by atoms with Crippen LogP contribution in [-0.2, 0) is 22.6 Å². The van der Waals surface area contributed by atoms with E-state index in [0.717, 1.165) is 37.2 Å². The number of hydrogen-bond acceptors (Lipinski definition) is 3. The molecule has 1 fully saturated rings. The highest BCUT2D eigenvalue weighted by atomic mass is 16.4. The molecule has 0 radical (unpaired) electrons. The van der Waals surface area contributed by atoms with Crippen molar-refractivity contribution in [1.82, 2.24) is 10.2 Å². The van der Waals surface area contributed by atoms with Crippen LogP contribution in [0.25, 0.3) is 0 Å². The second-order valence-corrected chi connectivity index (χ2v) is 5.26. The molecular weight excluding hydrogens is 256 g/mol. The van der Waals surface area contributed by atoms with Crippen LogP contribution in [0, 0.1) is 0 Å². The molecule has 0 aliphatic carbocycles. The monoisotopic (exact) mass is 276 g/mol. The number of amides is 1. The predicted octanol–water partition coefficient (Wildman–Crippen LogP) is 1.02. The highest BCUT2D eigenvalue weighted by Gasteiger charge is 2.23. The van der Waals surface area contributed by atoms with Crippen molar-refractivity contribution in [1.29, 1.82) is 0 Å². The van der Waals surface area contributed by atoms with Gasteiger partial charge in [0.1, 0.15) is 0 Å². The zero-order chi connectivity index (χ0) is 14.5. The standard InChI is InChI=1S/C15H20N2O3/c1-11(18)16-14-6-7-17(10-14)9-13-5-3-2-4-12(13)8-15(19)20/h2-5,14H,6-10H2,1H3,(H,16,18)(H,19,20). The minimum absolute atomic E-state index is 0.00290. The maximum atomic E-state index is 11.0. The van der Waals surface area contributed by atoms with Gasteiger partial charge in [0.15, 0.2) is 0 Å². The molecule has 1 atom stereocenters. The summed E-state index contributed by atoms with van der Waals surface area (Å²) in [5.74, 6) is -0.807. The van der Waals surface area contributed by atoms with Gasteiger partial charge in [-0.25, -0.2) is 0 Å². The Morgan fingerprint density at radius 2 is 2.05 bits per heavy atom. The van der Waals surface area contributed by atoms with Gasteiger partial charge in [-0.3, -0.25) is 14.5 Å². The van der Waals surface area contributed by atoms with Crippen molar-refractivity contribution in [2.24, 2.45) is 0 Å². The molecule has 1 amide bonds. The van der Waals surface area contributed by atoms with Crippen LogP contribution in [0.15, 0.2) is 24.3 Å². The highest BCUT2D eigenvalue weighted by Crippen LogP contribution is 2.17. The summed E-state index contributed by atoms with van der Waals surface area (Å²) in [6.45, 7) is 4.01. The zero-order valence-corrected chi connectivity index (χ0v) is 11.6. The predicted molar refractivity (Wildman–Crippen MR) is 75.3 cm³/mol. The van der Waals surface area contributed by atoms with E-state index in [1.165, 1.54) is 6.92 Å². The lowest BCUT2D eigenvalue weighted by atomic mass is 10.0. The van der Waals surface area contributed by atoms with Crippen LogP contribution in [0.2, 0.25) is 0 Å². The molecule has 1 unspecified atom stereocenters. The van der Waals surface area contributed by atoms with E-state index in [0.29, 0.717) is 0 Å². The summed E-state index contributed by atoms with van der Waals surface area (Å²) >= 11 is 0. The molecule has 1 aliphatic heterocycles. The van der Waals surface area contributed by atoms with E-state index in [1.54, 1.807) is 0 Å². The Hall–Kier alpha value is -1.88. The molecule has 5 heteroatoms. The molecule has 1 aromatic rings. The second kappa shape index (κ2) is 6.52. The lowest BCUT2D eigenvalue weighted by Gasteiger charge is -2.18. The number of likely N-dealkylation sites (tertiary alicyclic amines) is 1. The van der Waals surface area contributed by atoms with Gasteiger partial charge in [0.25, 0.3) is 0 Å². The van der Waals surface area contributed by atoms with Crippen LogP contribution in [0.4, 0.5) is 0 Å². The quantitative estimate of drug-likeness (QED) is 0.842. The van der Waals surface area contributed by atoms with Crippen molar-refractivity contribution in [3.63, 3.8) is 0 Å². The third-order valence-corrected chi connectivity index (χ3v) is 3.53. The fourth-order valence-corrected chi connectivity index (χ4v) is 2.67. The number of nitrogens with zero attached hydrogens (tertiary/aromatic N) is 1. The number of carboxylic acid groups (broad SMARTS) is 1. The van der Waals surface area contributed by atoms with Gasteiger partial charge < -0.3 is 10.4 Å². The fraction of sp³-hybridized carbons (Fsp3) is 0.467. The highest BCUT2D eigenvalue weighted by molar-refractivity contribution is 5.73. The van der Waals surface area contributed by atoms with Crippen molar-refractivity contribution in [2.45, 2.75) is 32.4 Å². The maximum absolute atomic E-state index is 11.0. The summed E-state index contributed by atoms with van der Waals surface area (Å²) < 4.78 is 0. The zero-order valence-electron chi connectivity index (χ0n) is 11.6. The maximum Gasteiger partial charge on any atom is 0.307 e. The Labute approximate surface area is 118 Å². The molecule has 0 spiro atoms. The summed E-state index contributed by atoms with van der Waals surface area (Å²) in [5.41, 5.74) is 1.92. The van der Waals surface area contributed by atoms with Gasteiger partial charge in [0.05, 0.1) is 6.42 Å². The molecule has 0 aromatic heterocycles. The molecule has 0 saturated carbocycles. The van der Waals surface area contributed by atoms with E-state index in [2.05, 4.69) is 10.2 Å². The largest absolute Gasteiger partial charge is 0.481 e. The van der Waals surface area contributed by atoms with Crippen LogP contribution in [-0.4, -0.2) is 41.0 Å². The van der Waals surface area contributed by atoms with E-state index in [4.69, 9.17) is 5.11 Å². The minimum Gasteiger partial charge on any atom is -0.481 e. The summed E-state index contributed by atoms with van der Waals surface area (Å²) in [4.78, 5) is 24.2. The van der Waals surface area contributed by atoms with Crippen molar-refractivity contribution < 1.29 is 14.7 Å². The van der Waals surface area contributed by atoms with Crippen LogP contribution >= 0.6 is 0 Å². The Bertz CT molecular complexity index is 502. The van der Waals surface area contributed by atoms with Crippen molar-refractivity contribution in [3.8, 4) is 0 Å². The fourth-order valence-electron chi connectivity index (χ4n) is 2.67. The van der Waals surface area contributed by atoms with Crippen LogP contribution < -0.4 is 5.32 Å². The Morgan fingerprint density at radius 1 is 1.35 bits per heavy atom. The first-order chi connectivity index (χ1) is 9.54. The van der Waals surface area contributed by atoms with Gasteiger partial charge in [0, 0.05) is 32.6 Å². The topological polar surface area (TPSA) is 69.6 Å². The summed E-state index contributed by atoms with van der Waals surface area (Å²) in [6, 6.07) is 7.85. The molecular formula is C15H20N2O3. The summed E-state index contributed by atoms with van der Waals surface area (Å²) in [6.07, 6.45) is 1.000. The molecule has 1 saturated heterocycles. The number of hydrogen-bond donors (Lipinski definition) is 2. The van der Waals surface area contributed by atoms with Gasteiger partial charge in [0.2, 0.25) is 5.91 Å². The third kappa shape index (κ3) is 4.06. The smallest absolute Gasteiger partial charge is 0.307 e. The van der Waals surface area contributed by atoms with Gasteiger partial charge in [-0.1, -0.05) is 24.3 Å². The molecule has 1 aromatic carbocycles. The van der Waals surface area contributed by atoms with Gasteiger partial charge in [-0.2, -0.15) is 0 Å². The Kier molecular flexibility index (Phi) is 4.74. The van der Waals surface area contributed by atoms with Crippen LogP contribution in [0.3, 0.4) is 0 Å². The number of carboxylic acids is 1. The summed E-state index contributed by atoms with van der Waals surface area (Å²) in [5, 5.41) is 11.9. The number of carbonyl (C=O) groups excluding carboxylic acids is 1. The Morgan fingerprint density at radius 3 is 2.70 bits per heavy atom. The van der Waals surface area contributed by atoms with E-state index in [9.17, 15) is 9.59 Å². The van der Waals surface area contributed by atoms with E-state index in [1.807, 2.05) is 24.3 Å². The number of aliphatic carboxylic acids is 1. The Balaban J connectivity index is 1.97. The summed E-state index contributed by atoms with van der Waals surface area (Å²) in [7, 11) is 0. The first-order valence-corrected chi connectivity index (χ1v) is 6.82. The SMILES string of the molecule is CC(=O)NC1CCN(Cc2ccccc2CC(=O)O)C1. The third-order valence-electron chi connectivity index (χ3n) is 3.53. The molecule has 2 N–H and O–H groups in total. The van der Waals surface area contributed by atoms with Crippen molar-refractivity contribution >= 4 is 11.9 Å². The molecule has 0 bridgehead atoms. The molecule has 1 aliphatic rings. The number of rotatable bonds is 5. The average molecular weight is 276 g/mol. The minimum atomic E-state index is -0.810. The van der Waals surface area contributed by atoms with E-state index in [-0.39, 0.29) is 18.4 Å². The number of carbonyl (C=O) groups is 2. The number of nitrogens with one attached hydrogen (secondary N) is 1. The lowest BCUT2D eigenvalue weighted by molar-refractivity contribution is -0.136. The van der Waals surface area contributed by atoms with E-state index < -0.39 is 5.97 Å². The van der Waals surface area contributed by atoms with E-state index >= 15 is 0 Å². The second-order valence-electron chi connectivity index (χ2n) is 5.26. The lowest BCUT2D eigenvalue weighted by Crippen LogP contribution is -2.35. The van der Waals surface area contributed by atoms with Crippen LogP contribution in [0.5, 0.6) is 0 Å². The molecule has 5 nitrogen and oxygen atoms in total. The molecule has 108 valence electrons. The molecule has 20 heavy (non-hydrogen) atoms. The molecule has 2 rings (SSSR count). The van der Waals surface area contributed by atoms with Gasteiger partial charge in [-0.15, -0.1) is 0 Å². The van der Waals surface area contributed by atoms with Crippen molar-refractivity contribution in [2.75, 3.05) is 13.1 Å². The van der Waals surface area contributed by atoms with Crippen molar-refractivity contribution in [3.05, 3.63) is 35.4 Å². The van der Waals surface area contributed by atoms with Gasteiger partial charge >= 0.3 is 5.97 Å².